The summed E-state index contributed by atoms with van der Waals surface area (Å²) in [5.74, 6) is -0.962. The standard InChI is InChI=1S/C13H18N2O3/c1-8-11(5-6-18-8)15(2)12-4-3-9(14)7-10(12)13(16)17/h3-4,7-8,11H,5-6,14H2,1-2H3,(H,16,17). The SMILES string of the molecule is CC1OCCC1N(C)c1ccc(N)cc1C(=O)O. The van der Waals surface area contributed by atoms with Crippen molar-refractivity contribution < 1.29 is 14.6 Å². The molecule has 0 bridgehead atoms. The van der Waals surface area contributed by atoms with Crippen LogP contribution in [-0.2, 0) is 4.74 Å². The van der Waals surface area contributed by atoms with Crippen LogP contribution in [0, 0.1) is 0 Å². The van der Waals surface area contributed by atoms with E-state index < -0.39 is 5.97 Å². The van der Waals surface area contributed by atoms with Gasteiger partial charge in [-0.1, -0.05) is 0 Å². The van der Waals surface area contributed by atoms with Crippen LogP contribution in [0.2, 0.25) is 0 Å². The third-order valence-corrected chi connectivity index (χ3v) is 3.46. The van der Waals surface area contributed by atoms with Gasteiger partial charge in [-0.3, -0.25) is 0 Å². The second-order valence-electron chi connectivity index (χ2n) is 4.62. The molecule has 0 aliphatic carbocycles. The Hall–Kier alpha value is -1.75. The van der Waals surface area contributed by atoms with Crippen LogP contribution in [0.25, 0.3) is 0 Å². The minimum absolute atomic E-state index is 0.106. The minimum atomic E-state index is -0.962. The Morgan fingerprint density at radius 1 is 1.56 bits per heavy atom. The molecule has 1 aromatic rings. The van der Waals surface area contributed by atoms with Gasteiger partial charge in [-0.05, 0) is 31.5 Å². The molecule has 5 heteroatoms. The van der Waals surface area contributed by atoms with Gasteiger partial charge in [-0.15, -0.1) is 0 Å². The highest BCUT2D eigenvalue weighted by Gasteiger charge is 2.29. The third kappa shape index (κ3) is 2.26. The Labute approximate surface area is 106 Å². The van der Waals surface area contributed by atoms with Crippen molar-refractivity contribution in [2.75, 3.05) is 24.3 Å². The summed E-state index contributed by atoms with van der Waals surface area (Å²) in [5.41, 5.74) is 7.01. The first-order valence-electron chi connectivity index (χ1n) is 5.98. The van der Waals surface area contributed by atoms with E-state index in [2.05, 4.69) is 0 Å². The average Bonchev–Trinajstić information content (AvgIpc) is 2.74. The number of carboxylic acids is 1. The number of nitrogens with two attached hydrogens (primary N) is 1. The first-order chi connectivity index (χ1) is 8.50. The number of carboxylic acid groups (broad SMARTS) is 1. The van der Waals surface area contributed by atoms with E-state index in [9.17, 15) is 9.90 Å². The zero-order chi connectivity index (χ0) is 13.3. The van der Waals surface area contributed by atoms with Gasteiger partial charge < -0.3 is 20.5 Å². The summed E-state index contributed by atoms with van der Waals surface area (Å²) in [5, 5.41) is 9.23. The number of benzene rings is 1. The highest BCUT2D eigenvalue weighted by atomic mass is 16.5. The first kappa shape index (κ1) is 12.7. The van der Waals surface area contributed by atoms with Gasteiger partial charge in [0.15, 0.2) is 0 Å². The van der Waals surface area contributed by atoms with Crippen molar-refractivity contribution >= 4 is 17.3 Å². The lowest BCUT2D eigenvalue weighted by Crippen LogP contribution is -2.37. The fourth-order valence-electron chi connectivity index (χ4n) is 2.44. The molecule has 0 radical (unpaired) electrons. The number of aromatic carboxylic acids is 1. The molecule has 2 atom stereocenters. The maximum atomic E-state index is 11.3. The van der Waals surface area contributed by atoms with Gasteiger partial charge in [-0.2, -0.15) is 0 Å². The van der Waals surface area contributed by atoms with Crippen LogP contribution in [-0.4, -0.2) is 36.9 Å². The number of rotatable bonds is 3. The van der Waals surface area contributed by atoms with E-state index in [0.29, 0.717) is 18.0 Å². The first-order valence-corrected chi connectivity index (χ1v) is 5.98. The number of hydrogen-bond acceptors (Lipinski definition) is 4. The Kier molecular flexibility index (Phi) is 3.43. The van der Waals surface area contributed by atoms with Gasteiger partial charge in [0.1, 0.15) is 0 Å². The van der Waals surface area contributed by atoms with Crippen molar-refractivity contribution in [3.63, 3.8) is 0 Å². The van der Waals surface area contributed by atoms with Gasteiger partial charge in [-0.25, -0.2) is 4.79 Å². The Morgan fingerprint density at radius 3 is 2.83 bits per heavy atom. The molecule has 18 heavy (non-hydrogen) atoms. The molecule has 1 fully saturated rings. The molecule has 5 nitrogen and oxygen atoms in total. The van der Waals surface area contributed by atoms with Crippen LogP contribution < -0.4 is 10.6 Å². The summed E-state index contributed by atoms with van der Waals surface area (Å²) < 4.78 is 5.52. The normalized spacial score (nSPS) is 23.0. The number of carbonyl (C=O) groups is 1. The van der Waals surface area contributed by atoms with E-state index in [-0.39, 0.29) is 17.7 Å². The monoisotopic (exact) mass is 250 g/mol. The van der Waals surface area contributed by atoms with Crippen molar-refractivity contribution in [3.8, 4) is 0 Å². The molecular formula is C13H18N2O3. The number of ether oxygens (including phenoxy) is 1. The van der Waals surface area contributed by atoms with Gasteiger partial charge in [0.25, 0.3) is 0 Å². The maximum absolute atomic E-state index is 11.3. The summed E-state index contributed by atoms with van der Waals surface area (Å²) in [4.78, 5) is 13.2. The van der Waals surface area contributed by atoms with Crippen molar-refractivity contribution in [1.29, 1.82) is 0 Å². The molecule has 1 aliphatic rings. The van der Waals surface area contributed by atoms with Crippen molar-refractivity contribution in [2.24, 2.45) is 0 Å². The van der Waals surface area contributed by atoms with E-state index >= 15 is 0 Å². The fraction of sp³-hybridized carbons (Fsp3) is 0.462. The average molecular weight is 250 g/mol. The number of anilines is 2. The fourth-order valence-corrected chi connectivity index (χ4v) is 2.44. The second-order valence-corrected chi connectivity index (χ2v) is 4.62. The molecule has 0 amide bonds. The summed E-state index contributed by atoms with van der Waals surface area (Å²) >= 11 is 0. The Bertz CT molecular complexity index is 462. The molecule has 0 aromatic heterocycles. The van der Waals surface area contributed by atoms with Crippen LogP contribution in [0.4, 0.5) is 11.4 Å². The van der Waals surface area contributed by atoms with Gasteiger partial charge >= 0.3 is 5.97 Å². The molecule has 1 aliphatic heterocycles. The lowest BCUT2D eigenvalue weighted by Gasteiger charge is -2.30. The second kappa shape index (κ2) is 4.86. The van der Waals surface area contributed by atoms with E-state index in [1.807, 2.05) is 18.9 Å². The maximum Gasteiger partial charge on any atom is 0.337 e. The lowest BCUT2D eigenvalue weighted by molar-refractivity contribution is 0.0697. The highest BCUT2D eigenvalue weighted by molar-refractivity contribution is 5.95. The number of nitrogen functional groups attached to an aromatic ring is 1. The van der Waals surface area contributed by atoms with E-state index in [1.54, 1.807) is 12.1 Å². The molecule has 1 heterocycles. The van der Waals surface area contributed by atoms with Crippen LogP contribution in [0.5, 0.6) is 0 Å². The third-order valence-electron chi connectivity index (χ3n) is 3.46. The Morgan fingerprint density at radius 2 is 2.28 bits per heavy atom. The molecule has 0 saturated carbocycles. The summed E-state index contributed by atoms with van der Waals surface area (Å²) in [6, 6.07) is 5.17. The van der Waals surface area contributed by atoms with E-state index in [4.69, 9.17) is 10.5 Å². The zero-order valence-corrected chi connectivity index (χ0v) is 10.6. The van der Waals surface area contributed by atoms with E-state index in [0.717, 1.165) is 6.42 Å². The number of hydrogen-bond donors (Lipinski definition) is 2. The van der Waals surface area contributed by atoms with Crippen LogP contribution in [0.3, 0.4) is 0 Å². The summed E-state index contributed by atoms with van der Waals surface area (Å²) in [6.07, 6.45) is 1.01. The summed E-state index contributed by atoms with van der Waals surface area (Å²) in [6.45, 7) is 2.72. The van der Waals surface area contributed by atoms with Crippen molar-refractivity contribution in [2.45, 2.75) is 25.5 Å². The largest absolute Gasteiger partial charge is 0.478 e. The molecular weight excluding hydrogens is 232 g/mol. The highest BCUT2D eigenvalue weighted by Crippen LogP contribution is 2.28. The smallest absolute Gasteiger partial charge is 0.337 e. The van der Waals surface area contributed by atoms with Crippen molar-refractivity contribution in [1.82, 2.24) is 0 Å². The molecule has 2 unspecified atom stereocenters. The quantitative estimate of drug-likeness (QED) is 0.796. The molecule has 1 aromatic carbocycles. The van der Waals surface area contributed by atoms with E-state index in [1.165, 1.54) is 6.07 Å². The van der Waals surface area contributed by atoms with Gasteiger partial charge in [0, 0.05) is 19.3 Å². The summed E-state index contributed by atoms with van der Waals surface area (Å²) in [7, 11) is 1.90. The van der Waals surface area contributed by atoms with Gasteiger partial charge in [0.2, 0.25) is 0 Å². The number of nitrogens with zero attached hydrogens (tertiary/aromatic N) is 1. The van der Waals surface area contributed by atoms with Crippen LogP contribution in [0.15, 0.2) is 18.2 Å². The predicted molar refractivity (Wildman–Crippen MR) is 70.0 cm³/mol. The predicted octanol–water partition coefficient (Wildman–Crippen LogP) is 1.58. The zero-order valence-electron chi connectivity index (χ0n) is 10.6. The molecule has 0 spiro atoms. The topological polar surface area (TPSA) is 75.8 Å². The lowest BCUT2D eigenvalue weighted by atomic mass is 10.1. The minimum Gasteiger partial charge on any atom is -0.478 e. The number of likely N-dealkylation sites (N-methyl/N-ethyl adjacent to an activating group) is 1. The van der Waals surface area contributed by atoms with Crippen LogP contribution in [0.1, 0.15) is 23.7 Å². The molecule has 2 rings (SSSR count). The molecule has 98 valence electrons. The Balaban J connectivity index is 2.35. The van der Waals surface area contributed by atoms with Crippen LogP contribution >= 0.6 is 0 Å². The molecule has 3 N–H and O–H groups in total. The van der Waals surface area contributed by atoms with Crippen molar-refractivity contribution in [3.05, 3.63) is 23.8 Å². The molecule has 1 saturated heterocycles. The van der Waals surface area contributed by atoms with Gasteiger partial charge in [0.05, 0.1) is 23.4 Å².